The van der Waals surface area contributed by atoms with Crippen molar-refractivity contribution >= 4 is 16.0 Å². The highest BCUT2D eigenvalue weighted by Gasteiger charge is 2.42. The minimum absolute atomic E-state index is 0.244. The second-order valence-corrected chi connectivity index (χ2v) is 7.22. The fourth-order valence-electron chi connectivity index (χ4n) is 2.44. The van der Waals surface area contributed by atoms with Crippen molar-refractivity contribution in [3.63, 3.8) is 0 Å². The van der Waals surface area contributed by atoms with Crippen molar-refractivity contribution in [1.29, 1.82) is 0 Å². The Morgan fingerprint density at radius 1 is 1.33 bits per heavy atom. The zero-order valence-corrected chi connectivity index (χ0v) is 11.8. The summed E-state index contributed by atoms with van der Waals surface area (Å²) in [4.78, 5) is 13.9. The van der Waals surface area contributed by atoms with E-state index in [9.17, 15) is 13.2 Å². The molecule has 18 heavy (non-hydrogen) atoms. The molecule has 0 spiro atoms. The smallest absolute Gasteiger partial charge is 0.264 e. The maximum absolute atomic E-state index is 12.0. The van der Waals surface area contributed by atoms with Crippen molar-refractivity contribution in [3.8, 4) is 0 Å². The largest absolute Gasteiger partial charge is 0.342 e. The van der Waals surface area contributed by atoms with Crippen LogP contribution in [0.3, 0.4) is 0 Å². The van der Waals surface area contributed by atoms with Gasteiger partial charge in [-0.3, -0.25) is 8.98 Å². The van der Waals surface area contributed by atoms with Crippen LogP contribution >= 0.6 is 0 Å². The molecule has 0 N–H and O–H groups in total. The molecule has 0 aromatic rings. The van der Waals surface area contributed by atoms with Gasteiger partial charge >= 0.3 is 0 Å². The van der Waals surface area contributed by atoms with Gasteiger partial charge in [0.1, 0.15) is 0 Å². The standard InChI is InChI=1S/C12H21NO4S/c1-9-7-11(9)12(14)13-5-3-10(4-6-13)8-17-18(2,15)16/h9-11H,3-8H2,1-2H3. The number of carbonyl (C=O) groups excluding carboxylic acids is 1. The summed E-state index contributed by atoms with van der Waals surface area (Å²) in [6, 6.07) is 0. The maximum Gasteiger partial charge on any atom is 0.264 e. The Morgan fingerprint density at radius 3 is 2.33 bits per heavy atom. The Labute approximate surface area is 109 Å². The second kappa shape index (κ2) is 5.17. The van der Waals surface area contributed by atoms with E-state index in [0.29, 0.717) is 5.92 Å². The molecule has 104 valence electrons. The van der Waals surface area contributed by atoms with Gasteiger partial charge in [0, 0.05) is 19.0 Å². The van der Waals surface area contributed by atoms with Crippen LogP contribution < -0.4 is 0 Å². The van der Waals surface area contributed by atoms with Crippen LogP contribution in [-0.4, -0.2) is 45.2 Å². The van der Waals surface area contributed by atoms with Gasteiger partial charge in [-0.15, -0.1) is 0 Å². The van der Waals surface area contributed by atoms with Crippen molar-refractivity contribution < 1.29 is 17.4 Å². The molecular formula is C12H21NO4S. The lowest BCUT2D eigenvalue weighted by Gasteiger charge is -2.31. The zero-order chi connectivity index (χ0) is 13.3. The average Bonchev–Trinajstić information content (AvgIpc) is 3.03. The van der Waals surface area contributed by atoms with Crippen LogP contribution in [-0.2, 0) is 19.1 Å². The van der Waals surface area contributed by atoms with Gasteiger partial charge in [0.2, 0.25) is 5.91 Å². The summed E-state index contributed by atoms with van der Waals surface area (Å²) >= 11 is 0. The monoisotopic (exact) mass is 275 g/mol. The number of hydrogen-bond donors (Lipinski definition) is 0. The third-order valence-corrected chi connectivity index (χ3v) is 4.43. The second-order valence-electron chi connectivity index (χ2n) is 5.58. The van der Waals surface area contributed by atoms with E-state index >= 15 is 0 Å². The molecule has 1 heterocycles. The lowest BCUT2D eigenvalue weighted by molar-refractivity contribution is -0.134. The van der Waals surface area contributed by atoms with E-state index in [-0.39, 0.29) is 24.3 Å². The van der Waals surface area contributed by atoms with E-state index in [1.54, 1.807) is 0 Å². The third kappa shape index (κ3) is 3.68. The summed E-state index contributed by atoms with van der Waals surface area (Å²) in [5.74, 6) is 1.32. The van der Waals surface area contributed by atoms with Crippen molar-refractivity contribution in [2.24, 2.45) is 17.8 Å². The van der Waals surface area contributed by atoms with E-state index in [2.05, 4.69) is 6.92 Å². The molecule has 0 aromatic heterocycles. The normalized spacial score (nSPS) is 29.3. The van der Waals surface area contributed by atoms with E-state index in [4.69, 9.17) is 4.18 Å². The lowest BCUT2D eigenvalue weighted by Crippen LogP contribution is -2.40. The van der Waals surface area contributed by atoms with Gasteiger partial charge in [-0.1, -0.05) is 6.92 Å². The number of nitrogens with zero attached hydrogens (tertiary/aromatic N) is 1. The van der Waals surface area contributed by atoms with Gasteiger partial charge in [-0.2, -0.15) is 8.42 Å². The zero-order valence-electron chi connectivity index (χ0n) is 11.0. The number of hydrogen-bond acceptors (Lipinski definition) is 4. The van der Waals surface area contributed by atoms with Crippen molar-refractivity contribution in [2.75, 3.05) is 26.0 Å². The van der Waals surface area contributed by atoms with Crippen LogP contribution in [0, 0.1) is 17.8 Å². The molecule has 0 radical (unpaired) electrons. The Morgan fingerprint density at radius 2 is 1.89 bits per heavy atom. The number of carbonyl (C=O) groups is 1. The first-order chi connectivity index (χ1) is 8.37. The molecule has 2 aliphatic rings. The van der Waals surface area contributed by atoms with Gasteiger partial charge in [0.25, 0.3) is 10.1 Å². The Hall–Kier alpha value is -0.620. The average molecular weight is 275 g/mol. The van der Waals surface area contributed by atoms with Crippen molar-refractivity contribution in [3.05, 3.63) is 0 Å². The first-order valence-corrected chi connectivity index (χ1v) is 8.31. The highest BCUT2D eigenvalue weighted by molar-refractivity contribution is 7.85. The number of amides is 1. The fourth-order valence-corrected chi connectivity index (χ4v) is 2.88. The van der Waals surface area contributed by atoms with Crippen molar-refractivity contribution in [1.82, 2.24) is 4.90 Å². The first-order valence-electron chi connectivity index (χ1n) is 6.50. The molecule has 1 aliphatic carbocycles. The van der Waals surface area contributed by atoms with Gasteiger partial charge in [0.15, 0.2) is 0 Å². The minimum atomic E-state index is -3.34. The Balaban J connectivity index is 1.73. The molecule has 1 aliphatic heterocycles. The van der Waals surface area contributed by atoms with Crippen LogP contribution in [0.2, 0.25) is 0 Å². The van der Waals surface area contributed by atoms with Crippen LogP contribution in [0.25, 0.3) is 0 Å². The number of piperidine rings is 1. The predicted octanol–water partition coefficient (Wildman–Crippen LogP) is 0.857. The van der Waals surface area contributed by atoms with Gasteiger partial charge in [-0.25, -0.2) is 0 Å². The topological polar surface area (TPSA) is 63.7 Å². The van der Waals surface area contributed by atoms with Crippen molar-refractivity contribution in [2.45, 2.75) is 26.2 Å². The molecule has 0 aromatic carbocycles. The summed E-state index contributed by atoms with van der Waals surface area (Å²) in [6.07, 6.45) is 3.76. The SMILES string of the molecule is CC1CC1C(=O)N1CCC(COS(C)(=O)=O)CC1. The van der Waals surface area contributed by atoms with Gasteiger partial charge in [0.05, 0.1) is 12.9 Å². The molecule has 1 saturated heterocycles. The van der Waals surface area contributed by atoms with Crippen LogP contribution in [0.5, 0.6) is 0 Å². The van der Waals surface area contributed by atoms with E-state index < -0.39 is 10.1 Å². The summed E-state index contributed by atoms with van der Waals surface area (Å²) in [7, 11) is -3.34. The van der Waals surface area contributed by atoms with E-state index in [1.807, 2.05) is 4.90 Å². The molecule has 2 unspecified atom stereocenters. The van der Waals surface area contributed by atoms with E-state index in [0.717, 1.165) is 38.6 Å². The molecule has 0 bridgehead atoms. The molecule has 1 saturated carbocycles. The van der Waals surface area contributed by atoms with Crippen LogP contribution in [0.1, 0.15) is 26.2 Å². The van der Waals surface area contributed by atoms with Gasteiger partial charge < -0.3 is 4.90 Å². The third-order valence-electron chi connectivity index (χ3n) is 3.87. The molecule has 2 atom stereocenters. The molecule has 1 amide bonds. The van der Waals surface area contributed by atoms with Crippen LogP contribution in [0.4, 0.5) is 0 Å². The predicted molar refractivity (Wildman–Crippen MR) is 67.4 cm³/mol. The van der Waals surface area contributed by atoms with Crippen LogP contribution in [0.15, 0.2) is 0 Å². The summed E-state index contributed by atoms with van der Waals surface area (Å²) in [5, 5.41) is 0. The summed E-state index contributed by atoms with van der Waals surface area (Å²) < 4.78 is 26.6. The fraction of sp³-hybridized carbons (Fsp3) is 0.917. The quantitative estimate of drug-likeness (QED) is 0.714. The molecule has 2 fully saturated rings. The molecule has 6 heteroatoms. The highest BCUT2D eigenvalue weighted by Crippen LogP contribution is 2.39. The first kappa shape index (κ1) is 13.8. The lowest BCUT2D eigenvalue weighted by atomic mass is 9.97. The maximum atomic E-state index is 12.0. The molecule has 2 rings (SSSR count). The Bertz CT molecular complexity index is 412. The molecule has 5 nitrogen and oxygen atoms in total. The number of likely N-dealkylation sites (tertiary alicyclic amines) is 1. The number of rotatable bonds is 4. The van der Waals surface area contributed by atoms with E-state index in [1.165, 1.54) is 0 Å². The highest BCUT2D eigenvalue weighted by atomic mass is 32.2. The summed E-state index contributed by atoms with van der Waals surface area (Å²) in [6.45, 7) is 3.83. The minimum Gasteiger partial charge on any atom is -0.342 e. The summed E-state index contributed by atoms with van der Waals surface area (Å²) in [5.41, 5.74) is 0. The molecular weight excluding hydrogens is 254 g/mol. The van der Waals surface area contributed by atoms with Gasteiger partial charge in [-0.05, 0) is 31.1 Å². The Kier molecular flexibility index (Phi) is 3.96.